The number of hydrogen-bond acceptors (Lipinski definition) is 5. The number of rotatable bonds is 3. The average molecular weight is 361 g/mol. The minimum Gasteiger partial charge on any atom is -0.255 e. The van der Waals surface area contributed by atoms with Crippen molar-refractivity contribution in [2.24, 2.45) is 0 Å². The Morgan fingerprint density at radius 3 is 2.59 bits per heavy atom. The number of alkyl halides is 1. The van der Waals surface area contributed by atoms with E-state index < -0.39 is 31.3 Å². The fourth-order valence-electron chi connectivity index (χ4n) is 2.47. The van der Waals surface area contributed by atoms with E-state index in [-0.39, 0.29) is 16.4 Å². The first-order chi connectivity index (χ1) is 10.3. The maximum absolute atomic E-state index is 12.6. The molecule has 2 heterocycles. The van der Waals surface area contributed by atoms with Gasteiger partial charge in [-0.25, -0.2) is 21.6 Å². The molecule has 1 aliphatic rings. The van der Waals surface area contributed by atoms with Crippen LogP contribution in [0.2, 0.25) is 0 Å². The van der Waals surface area contributed by atoms with E-state index in [0.717, 1.165) is 0 Å². The number of nitrogens with zero attached hydrogens (tertiary/aromatic N) is 1. The van der Waals surface area contributed by atoms with Gasteiger partial charge in [-0.05, 0) is 12.1 Å². The Morgan fingerprint density at radius 1 is 1.18 bits per heavy atom. The molecule has 6 nitrogen and oxygen atoms in total. The van der Waals surface area contributed by atoms with Crippen LogP contribution in [-0.4, -0.2) is 44.7 Å². The van der Waals surface area contributed by atoms with E-state index in [2.05, 4.69) is 9.71 Å². The van der Waals surface area contributed by atoms with E-state index in [4.69, 9.17) is 11.6 Å². The molecule has 1 aliphatic heterocycles. The number of nitrogens with one attached hydrogen (secondary N) is 1. The highest BCUT2D eigenvalue weighted by Crippen LogP contribution is 2.24. The van der Waals surface area contributed by atoms with E-state index in [0.29, 0.717) is 10.9 Å². The summed E-state index contributed by atoms with van der Waals surface area (Å²) in [6.07, 6.45) is 1.51. The quantitative estimate of drug-likeness (QED) is 0.821. The number of fused-ring (bicyclic) bond motifs is 1. The van der Waals surface area contributed by atoms with Gasteiger partial charge in [0.2, 0.25) is 10.0 Å². The van der Waals surface area contributed by atoms with Gasteiger partial charge in [0.1, 0.15) is 4.90 Å². The molecule has 0 spiro atoms. The van der Waals surface area contributed by atoms with Crippen molar-refractivity contribution in [3.05, 3.63) is 36.5 Å². The molecule has 1 aromatic carbocycles. The third-order valence-corrected chi connectivity index (χ3v) is 7.37. The highest BCUT2D eigenvalue weighted by Gasteiger charge is 2.39. The van der Waals surface area contributed by atoms with Crippen molar-refractivity contribution >= 4 is 42.4 Å². The van der Waals surface area contributed by atoms with Crippen LogP contribution < -0.4 is 4.72 Å². The van der Waals surface area contributed by atoms with Crippen LogP contribution in [0.3, 0.4) is 0 Å². The van der Waals surface area contributed by atoms with E-state index in [1.54, 1.807) is 24.3 Å². The summed E-state index contributed by atoms with van der Waals surface area (Å²) in [6, 6.07) is 7.43. The van der Waals surface area contributed by atoms with Crippen LogP contribution in [0.25, 0.3) is 10.9 Å². The summed E-state index contributed by atoms with van der Waals surface area (Å²) in [5, 5.41) is -0.0884. The number of benzene rings is 1. The zero-order valence-corrected chi connectivity index (χ0v) is 13.7. The van der Waals surface area contributed by atoms with E-state index in [1.807, 2.05) is 0 Å². The first-order valence-corrected chi connectivity index (χ1v) is 10.2. The van der Waals surface area contributed by atoms with Crippen molar-refractivity contribution in [1.29, 1.82) is 0 Å². The van der Waals surface area contributed by atoms with Gasteiger partial charge < -0.3 is 0 Å². The van der Waals surface area contributed by atoms with Crippen molar-refractivity contribution < 1.29 is 16.8 Å². The molecule has 9 heteroatoms. The van der Waals surface area contributed by atoms with Gasteiger partial charge in [0, 0.05) is 11.6 Å². The zero-order chi connectivity index (χ0) is 16.0. The molecule has 2 aromatic rings. The molecule has 0 radical (unpaired) electrons. The minimum atomic E-state index is -3.91. The van der Waals surface area contributed by atoms with Crippen LogP contribution in [0.1, 0.15) is 0 Å². The second kappa shape index (κ2) is 5.45. The summed E-state index contributed by atoms with van der Waals surface area (Å²) < 4.78 is 50.6. The summed E-state index contributed by atoms with van der Waals surface area (Å²) >= 11 is 5.95. The summed E-state index contributed by atoms with van der Waals surface area (Å²) in [5.74, 6) is -0.520. The first-order valence-electron chi connectivity index (χ1n) is 6.49. The molecular weight excluding hydrogens is 348 g/mol. The minimum absolute atomic E-state index is 0.0127. The third kappa shape index (κ3) is 2.96. The van der Waals surface area contributed by atoms with Crippen LogP contribution in [0.5, 0.6) is 0 Å². The van der Waals surface area contributed by atoms with Crippen LogP contribution in [-0.2, 0) is 19.9 Å². The lowest BCUT2D eigenvalue weighted by atomic mass is 10.2. The lowest BCUT2D eigenvalue weighted by molar-refractivity contribution is 0.564. The molecule has 3 rings (SSSR count). The summed E-state index contributed by atoms with van der Waals surface area (Å²) in [4.78, 5) is 4.11. The van der Waals surface area contributed by atoms with Gasteiger partial charge in [0.25, 0.3) is 0 Å². The smallest absolute Gasteiger partial charge is 0.243 e. The zero-order valence-electron chi connectivity index (χ0n) is 11.3. The molecule has 0 bridgehead atoms. The summed E-state index contributed by atoms with van der Waals surface area (Å²) in [7, 11) is -7.23. The first kappa shape index (κ1) is 15.7. The Bertz CT molecular complexity index is 923. The van der Waals surface area contributed by atoms with Crippen molar-refractivity contribution in [2.75, 3.05) is 11.5 Å². The highest BCUT2D eigenvalue weighted by molar-refractivity contribution is 7.92. The Labute approximate surface area is 133 Å². The van der Waals surface area contributed by atoms with Gasteiger partial charge in [-0.1, -0.05) is 18.2 Å². The second-order valence-electron chi connectivity index (χ2n) is 5.15. The lowest BCUT2D eigenvalue weighted by Gasteiger charge is -2.15. The number of pyridine rings is 1. The molecule has 1 aromatic heterocycles. The van der Waals surface area contributed by atoms with Crippen molar-refractivity contribution in [2.45, 2.75) is 16.3 Å². The SMILES string of the molecule is O=S1(=O)C[C@@H](Cl)[C@H](NS(=O)(=O)c2cccc3cccnc23)C1. The Balaban J connectivity index is 1.99. The number of sulfonamides is 1. The molecule has 2 atom stereocenters. The highest BCUT2D eigenvalue weighted by atomic mass is 35.5. The average Bonchev–Trinajstić information content (AvgIpc) is 2.70. The molecule has 0 aliphatic carbocycles. The Kier molecular flexibility index (Phi) is 3.88. The molecular formula is C13H13ClN2O4S2. The van der Waals surface area contributed by atoms with Crippen LogP contribution in [0.15, 0.2) is 41.4 Å². The van der Waals surface area contributed by atoms with Gasteiger partial charge in [0.05, 0.1) is 28.4 Å². The van der Waals surface area contributed by atoms with Crippen LogP contribution >= 0.6 is 11.6 Å². The van der Waals surface area contributed by atoms with Crippen molar-refractivity contribution in [3.63, 3.8) is 0 Å². The molecule has 1 N–H and O–H groups in total. The molecule has 0 saturated carbocycles. The predicted octanol–water partition coefficient (Wildman–Crippen LogP) is 0.918. The van der Waals surface area contributed by atoms with Crippen LogP contribution in [0.4, 0.5) is 0 Å². The molecule has 22 heavy (non-hydrogen) atoms. The van der Waals surface area contributed by atoms with Crippen molar-refractivity contribution in [3.8, 4) is 0 Å². The van der Waals surface area contributed by atoms with Crippen LogP contribution in [0, 0.1) is 0 Å². The maximum Gasteiger partial charge on any atom is 0.243 e. The maximum atomic E-state index is 12.6. The number of hydrogen-bond donors (Lipinski definition) is 1. The molecule has 1 fully saturated rings. The predicted molar refractivity (Wildman–Crippen MR) is 84.1 cm³/mol. The van der Waals surface area contributed by atoms with Gasteiger partial charge in [-0.2, -0.15) is 0 Å². The van der Waals surface area contributed by atoms with E-state index in [1.165, 1.54) is 12.3 Å². The standard InChI is InChI=1S/C13H13ClN2O4S2/c14-10-7-21(17,18)8-11(10)16-22(19,20)12-5-1-3-9-4-2-6-15-13(9)12/h1-6,10-11,16H,7-8H2/t10-,11-/m1/s1. The van der Waals surface area contributed by atoms with E-state index in [9.17, 15) is 16.8 Å². The van der Waals surface area contributed by atoms with Gasteiger partial charge in [-0.3, -0.25) is 4.98 Å². The molecule has 0 unspecified atom stereocenters. The normalized spacial score (nSPS) is 24.6. The molecule has 0 amide bonds. The third-order valence-electron chi connectivity index (χ3n) is 3.47. The number of sulfone groups is 1. The summed E-state index contributed by atoms with van der Waals surface area (Å²) in [5.41, 5.74) is 0.337. The number of para-hydroxylation sites is 1. The van der Waals surface area contributed by atoms with Gasteiger partial charge in [-0.15, -0.1) is 11.6 Å². The Hall–Kier alpha value is -1.22. The second-order valence-corrected chi connectivity index (χ2v) is 9.55. The topological polar surface area (TPSA) is 93.2 Å². The monoisotopic (exact) mass is 360 g/mol. The Morgan fingerprint density at radius 2 is 1.91 bits per heavy atom. The largest absolute Gasteiger partial charge is 0.255 e. The molecule has 118 valence electrons. The fraction of sp³-hybridized carbons (Fsp3) is 0.308. The molecule has 1 saturated heterocycles. The van der Waals surface area contributed by atoms with E-state index >= 15 is 0 Å². The van der Waals surface area contributed by atoms with Crippen molar-refractivity contribution in [1.82, 2.24) is 9.71 Å². The summed E-state index contributed by atoms with van der Waals surface area (Å²) in [6.45, 7) is 0. The van der Waals surface area contributed by atoms with Gasteiger partial charge >= 0.3 is 0 Å². The number of halogens is 1. The van der Waals surface area contributed by atoms with Gasteiger partial charge in [0.15, 0.2) is 9.84 Å². The lowest BCUT2D eigenvalue weighted by Crippen LogP contribution is -2.40. The number of aromatic nitrogens is 1. The fourth-order valence-corrected chi connectivity index (χ4v) is 6.65.